The highest BCUT2D eigenvalue weighted by Crippen LogP contribution is 2.27. The van der Waals surface area contributed by atoms with Gasteiger partial charge in [0.15, 0.2) is 9.84 Å². The van der Waals surface area contributed by atoms with E-state index < -0.39 is 27.0 Å². The van der Waals surface area contributed by atoms with Gasteiger partial charge in [-0.25, -0.2) is 13.2 Å². The third kappa shape index (κ3) is 3.48. The van der Waals surface area contributed by atoms with E-state index in [2.05, 4.69) is 21.2 Å². The fourth-order valence-corrected chi connectivity index (χ4v) is 3.74. The van der Waals surface area contributed by atoms with Crippen LogP contribution in [0.3, 0.4) is 0 Å². The molecule has 0 aromatic heterocycles. The van der Waals surface area contributed by atoms with Gasteiger partial charge in [0.05, 0.1) is 4.90 Å². The second kappa shape index (κ2) is 6.23. The summed E-state index contributed by atoms with van der Waals surface area (Å²) < 4.78 is 24.9. The van der Waals surface area contributed by atoms with Gasteiger partial charge in [-0.15, -0.1) is 0 Å². The van der Waals surface area contributed by atoms with Crippen molar-refractivity contribution in [2.45, 2.75) is 17.1 Å². The first kappa shape index (κ1) is 16.4. The number of benzene rings is 1. The van der Waals surface area contributed by atoms with Gasteiger partial charge in [-0.1, -0.05) is 0 Å². The largest absolute Gasteiger partial charge is 0.399 e. The highest BCUT2D eigenvalue weighted by atomic mass is 79.9. The monoisotopic (exact) mass is 363 g/mol. The van der Waals surface area contributed by atoms with E-state index in [9.17, 15) is 18.0 Å². The maximum Gasteiger partial charge on any atom is 0.321 e. The molecule has 0 saturated carbocycles. The summed E-state index contributed by atoms with van der Waals surface area (Å²) in [6.45, 7) is 1.20. The van der Waals surface area contributed by atoms with E-state index in [-0.39, 0.29) is 9.37 Å². The third-order valence-corrected chi connectivity index (χ3v) is 5.59. The quantitative estimate of drug-likeness (QED) is 0.681. The van der Waals surface area contributed by atoms with E-state index in [1.165, 1.54) is 32.2 Å². The average Bonchev–Trinajstić information content (AvgIpc) is 2.36. The minimum absolute atomic E-state index is 0.0637. The molecule has 0 aliphatic carbocycles. The lowest BCUT2D eigenvalue weighted by Gasteiger charge is -2.14. The number of nitrogen functional groups attached to an aromatic ring is 1. The van der Waals surface area contributed by atoms with E-state index >= 15 is 0 Å². The van der Waals surface area contributed by atoms with Crippen LogP contribution in [0.2, 0.25) is 0 Å². The number of rotatable bonds is 3. The van der Waals surface area contributed by atoms with Crippen molar-refractivity contribution in [1.29, 1.82) is 0 Å². The van der Waals surface area contributed by atoms with Crippen molar-refractivity contribution in [2.75, 3.05) is 12.8 Å². The summed E-state index contributed by atoms with van der Waals surface area (Å²) in [7, 11) is -2.62. The Morgan fingerprint density at radius 2 is 1.95 bits per heavy atom. The topological polar surface area (TPSA) is 118 Å². The number of hydrogen-bond donors (Lipinski definition) is 3. The van der Waals surface area contributed by atoms with Crippen LogP contribution in [-0.4, -0.2) is 32.7 Å². The molecule has 20 heavy (non-hydrogen) atoms. The first-order chi connectivity index (χ1) is 9.20. The zero-order valence-corrected chi connectivity index (χ0v) is 13.2. The molecule has 1 aromatic rings. The molecule has 1 aromatic carbocycles. The number of amides is 3. The van der Waals surface area contributed by atoms with Gasteiger partial charge < -0.3 is 11.1 Å². The van der Waals surface area contributed by atoms with Gasteiger partial charge in [0.25, 0.3) is 0 Å². The second-order valence-electron chi connectivity index (χ2n) is 3.95. The van der Waals surface area contributed by atoms with Gasteiger partial charge >= 0.3 is 6.03 Å². The van der Waals surface area contributed by atoms with Gasteiger partial charge in [0, 0.05) is 17.2 Å². The number of hydrogen-bond acceptors (Lipinski definition) is 5. The van der Waals surface area contributed by atoms with Crippen molar-refractivity contribution in [3.8, 4) is 0 Å². The molecule has 4 N–H and O–H groups in total. The van der Waals surface area contributed by atoms with E-state index in [0.29, 0.717) is 5.69 Å². The van der Waals surface area contributed by atoms with Crippen LogP contribution in [0.25, 0.3) is 0 Å². The van der Waals surface area contributed by atoms with Crippen LogP contribution in [0, 0.1) is 0 Å². The fraction of sp³-hybridized carbons (Fsp3) is 0.273. The molecule has 0 spiro atoms. The normalized spacial score (nSPS) is 12.6. The molecule has 0 saturated heterocycles. The molecule has 9 heteroatoms. The fourth-order valence-electron chi connectivity index (χ4n) is 1.36. The van der Waals surface area contributed by atoms with Crippen molar-refractivity contribution >= 4 is 43.4 Å². The number of carbonyl (C=O) groups excluding carboxylic acids is 2. The lowest BCUT2D eigenvalue weighted by atomic mass is 10.3. The Morgan fingerprint density at radius 3 is 2.45 bits per heavy atom. The summed E-state index contributed by atoms with van der Waals surface area (Å²) in [5.41, 5.74) is 5.92. The molecule has 1 unspecified atom stereocenters. The lowest BCUT2D eigenvalue weighted by molar-refractivity contribution is -0.119. The van der Waals surface area contributed by atoms with Crippen molar-refractivity contribution < 1.29 is 18.0 Å². The minimum atomic E-state index is -3.93. The van der Waals surface area contributed by atoms with Gasteiger partial charge in [-0.3, -0.25) is 10.1 Å². The Balaban J connectivity index is 3.10. The first-order valence-corrected chi connectivity index (χ1v) is 7.85. The van der Waals surface area contributed by atoms with Gasteiger partial charge in [0.1, 0.15) is 5.25 Å². The van der Waals surface area contributed by atoms with Crippen molar-refractivity contribution in [1.82, 2.24) is 10.6 Å². The number of imide groups is 1. The van der Waals surface area contributed by atoms with Gasteiger partial charge in [0.2, 0.25) is 5.91 Å². The van der Waals surface area contributed by atoms with Crippen LogP contribution >= 0.6 is 15.9 Å². The number of carbonyl (C=O) groups is 2. The van der Waals surface area contributed by atoms with Crippen molar-refractivity contribution in [2.24, 2.45) is 0 Å². The average molecular weight is 364 g/mol. The number of anilines is 1. The Morgan fingerprint density at radius 1 is 1.35 bits per heavy atom. The maximum absolute atomic E-state index is 12.3. The molecule has 110 valence electrons. The van der Waals surface area contributed by atoms with E-state index in [4.69, 9.17) is 5.73 Å². The molecule has 1 atom stereocenters. The predicted octanol–water partition coefficient (Wildman–Crippen LogP) is 0.649. The zero-order chi connectivity index (χ0) is 15.5. The molecule has 0 aliphatic heterocycles. The van der Waals surface area contributed by atoms with E-state index in [1.807, 2.05) is 5.32 Å². The highest BCUT2D eigenvalue weighted by Gasteiger charge is 2.32. The Bertz CT molecular complexity index is 645. The van der Waals surface area contributed by atoms with Crippen LogP contribution in [0.15, 0.2) is 27.6 Å². The molecule has 0 fully saturated rings. The molecule has 3 amide bonds. The molecule has 0 aliphatic rings. The standard InChI is InChI=1S/C11H14BrN3O4S/c1-6(10(16)15-11(17)14-2)20(18,19)9-4-3-7(13)5-8(9)12/h3-6H,13H2,1-2H3,(H2,14,15,16,17). The van der Waals surface area contributed by atoms with Crippen molar-refractivity contribution in [3.63, 3.8) is 0 Å². The van der Waals surface area contributed by atoms with Crippen LogP contribution in [0.4, 0.5) is 10.5 Å². The number of sulfone groups is 1. The first-order valence-electron chi connectivity index (χ1n) is 5.51. The van der Waals surface area contributed by atoms with Crippen LogP contribution in [0.1, 0.15) is 6.92 Å². The number of urea groups is 1. The molecule has 0 heterocycles. The van der Waals surface area contributed by atoms with Crippen molar-refractivity contribution in [3.05, 3.63) is 22.7 Å². The zero-order valence-electron chi connectivity index (χ0n) is 10.8. The summed E-state index contributed by atoms with van der Waals surface area (Å²) in [4.78, 5) is 22.7. The molecule has 1 rings (SSSR count). The predicted molar refractivity (Wildman–Crippen MR) is 77.8 cm³/mol. The van der Waals surface area contributed by atoms with E-state index in [1.54, 1.807) is 0 Å². The van der Waals surface area contributed by atoms with Gasteiger partial charge in [-0.05, 0) is 41.1 Å². The number of nitrogens with one attached hydrogen (secondary N) is 2. The molecular formula is C11H14BrN3O4S. The number of halogens is 1. The summed E-state index contributed by atoms with van der Waals surface area (Å²) >= 11 is 3.09. The van der Waals surface area contributed by atoms with Crippen LogP contribution in [0.5, 0.6) is 0 Å². The maximum atomic E-state index is 12.3. The number of nitrogens with two attached hydrogens (primary N) is 1. The molecule has 0 radical (unpaired) electrons. The molecule has 7 nitrogen and oxygen atoms in total. The molecule has 0 bridgehead atoms. The van der Waals surface area contributed by atoms with E-state index in [0.717, 1.165) is 0 Å². The lowest BCUT2D eigenvalue weighted by Crippen LogP contribution is -2.44. The summed E-state index contributed by atoms with van der Waals surface area (Å²) in [6, 6.07) is 3.38. The second-order valence-corrected chi connectivity index (χ2v) is 7.04. The third-order valence-electron chi connectivity index (χ3n) is 2.56. The SMILES string of the molecule is CNC(=O)NC(=O)C(C)S(=O)(=O)c1ccc(N)cc1Br. The molecular weight excluding hydrogens is 350 g/mol. The summed E-state index contributed by atoms with van der Waals surface area (Å²) in [5, 5.41) is 2.68. The Labute approximate surface area is 125 Å². The summed E-state index contributed by atoms with van der Waals surface area (Å²) in [5.74, 6) is -0.909. The smallest absolute Gasteiger partial charge is 0.321 e. The van der Waals surface area contributed by atoms with Crippen LogP contribution < -0.4 is 16.4 Å². The Kier molecular flexibility index (Phi) is 5.12. The highest BCUT2D eigenvalue weighted by molar-refractivity contribution is 9.10. The van der Waals surface area contributed by atoms with Gasteiger partial charge in [-0.2, -0.15) is 0 Å². The minimum Gasteiger partial charge on any atom is -0.399 e. The van der Waals surface area contributed by atoms with Crippen LogP contribution in [-0.2, 0) is 14.6 Å². The summed E-state index contributed by atoms with van der Waals surface area (Å²) in [6.07, 6.45) is 0. The Hall–Kier alpha value is -1.61.